The van der Waals surface area contributed by atoms with Crippen LogP contribution in [0.3, 0.4) is 0 Å². The van der Waals surface area contributed by atoms with Crippen molar-refractivity contribution in [3.63, 3.8) is 0 Å². The molecule has 0 bridgehead atoms. The summed E-state index contributed by atoms with van der Waals surface area (Å²) in [6, 6.07) is 31.4. The van der Waals surface area contributed by atoms with E-state index in [4.69, 9.17) is 10.2 Å². The molecule has 0 saturated heterocycles. The van der Waals surface area contributed by atoms with Gasteiger partial charge >= 0.3 is 26.2 Å². The van der Waals surface area contributed by atoms with E-state index in [2.05, 4.69) is 76.2 Å². The number of phenols is 2. The molecular weight excluding hydrogens is 484 g/mol. The molecule has 0 heterocycles. The fourth-order valence-corrected chi connectivity index (χ4v) is 2.76. The normalized spacial score (nSPS) is 9.09. The van der Waals surface area contributed by atoms with Crippen LogP contribution in [0, 0.1) is 0 Å². The number of aromatic hydroxyl groups is 2. The van der Waals surface area contributed by atoms with E-state index < -0.39 is 0 Å². The van der Waals surface area contributed by atoms with E-state index in [9.17, 15) is 0 Å². The van der Waals surface area contributed by atoms with Gasteiger partial charge in [-0.25, -0.2) is 24.3 Å². The summed E-state index contributed by atoms with van der Waals surface area (Å²) in [4.78, 5) is 0. The molecular formula is C30H38O2Zr. The number of aryl methyl sites for hydroxylation is 4. The predicted molar refractivity (Wildman–Crippen MR) is 138 cm³/mol. The van der Waals surface area contributed by atoms with Crippen LogP contribution in [0.5, 0.6) is 11.5 Å². The third-order valence-electron chi connectivity index (χ3n) is 4.97. The van der Waals surface area contributed by atoms with Crippen molar-refractivity contribution in [2.45, 2.75) is 53.4 Å². The molecule has 174 valence electrons. The largest absolute Gasteiger partial charge is 2.00 e. The van der Waals surface area contributed by atoms with Crippen molar-refractivity contribution >= 4 is 0 Å². The molecule has 0 spiro atoms. The van der Waals surface area contributed by atoms with E-state index in [0.717, 1.165) is 25.7 Å². The van der Waals surface area contributed by atoms with Crippen LogP contribution in [0.4, 0.5) is 0 Å². The first-order chi connectivity index (χ1) is 15.5. The predicted octanol–water partition coefficient (Wildman–Crippen LogP) is 7.84. The summed E-state index contributed by atoms with van der Waals surface area (Å²) >= 11 is 0. The third kappa shape index (κ3) is 14.4. The molecule has 0 atom stereocenters. The minimum atomic E-state index is 0. The van der Waals surface area contributed by atoms with Crippen molar-refractivity contribution in [1.82, 2.24) is 0 Å². The van der Waals surface area contributed by atoms with Crippen LogP contribution in [0.1, 0.15) is 49.9 Å². The zero-order valence-corrected chi connectivity index (χ0v) is 22.9. The van der Waals surface area contributed by atoms with Crippen molar-refractivity contribution in [3.8, 4) is 11.5 Å². The van der Waals surface area contributed by atoms with Gasteiger partial charge in [-0.2, -0.15) is 35.4 Å². The van der Waals surface area contributed by atoms with Gasteiger partial charge in [0.05, 0.1) is 0 Å². The van der Waals surface area contributed by atoms with Gasteiger partial charge in [0, 0.05) is 0 Å². The topological polar surface area (TPSA) is 40.5 Å². The van der Waals surface area contributed by atoms with E-state index >= 15 is 0 Å². The Morgan fingerprint density at radius 1 is 0.515 bits per heavy atom. The smallest absolute Gasteiger partial charge is 0.508 e. The van der Waals surface area contributed by atoms with Gasteiger partial charge in [-0.15, -0.1) is 0 Å². The van der Waals surface area contributed by atoms with Gasteiger partial charge in [0.15, 0.2) is 0 Å². The molecule has 0 saturated carbocycles. The Balaban J connectivity index is 0.000000412. The average molecular weight is 522 g/mol. The number of phenolic OH excluding ortho intramolecular Hbond substituents is 2. The molecule has 2 nitrogen and oxygen atoms in total. The standard InChI is InChI=1S/2C8H10O.2C7H9.Zr/c2*1-2-7-3-5-8(9)6-4-7;2*1-2-7-5-3-4-6-7;/h2*3-6,9H,2H2,1H3;2*3-6H,2H2,1H3;/q;;2*-1;+2. The molecule has 4 aromatic rings. The first-order valence-corrected chi connectivity index (χ1v) is 11.5. The fourth-order valence-electron chi connectivity index (χ4n) is 2.76. The summed E-state index contributed by atoms with van der Waals surface area (Å²) in [5.74, 6) is 0.680. The Kier molecular flexibility index (Phi) is 17.7. The van der Waals surface area contributed by atoms with Crippen molar-refractivity contribution in [3.05, 3.63) is 119 Å². The Hall–Kier alpha value is -2.38. The minimum Gasteiger partial charge on any atom is -0.508 e. The number of rotatable bonds is 4. The second-order valence-electron chi connectivity index (χ2n) is 7.33. The van der Waals surface area contributed by atoms with Crippen molar-refractivity contribution < 1.29 is 36.4 Å². The molecule has 4 aromatic carbocycles. The monoisotopic (exact) mass is 520 g/mol. The molecule has 0 fully saturated rings. The maximum absolute atomic E-state index is 8.85. The molecule has 0 amide bonds. The Labute approximate surface area is 219 Å². The minimum absolute atomic E-state index is 0. The van der Waals surface area contributed by atoms with E-state index in [-0.39, 0.29) is 26.2 Å². The summed E-state index contributed by atoms with van der Waals surface area (Å²) in [5, 5.41) is 17.7. The van der Waals surface area contributed by atoms with Crippen LogP contribution in [-0.4, -0.2) is 10.2 Å². The zero-order chi connectivity index (χ0) is 23.6. The van der Waals surface area contributed by atoms with Crippen LogP contribution >= 0.6 is 0 Å². The maximum atomic E-state index is 8.85. The van der Waals surface area contributed by atoms with Crippen molar-refractivity contribution in [2.75, 3.05) is 0 Å². The van der Waals surface area contributed by atoms with Crippen LogP contribution in [-0.2, 0) is 51.9 Å². The first kappa shape index (κ1) is 30.6. The van der Waals surface area contributed by atoms with Gasteiger partial charge in [-0.1, -0.05) is 64.8 Å². The Morgan fingerprint density at radius 2 is 0.788 bits per heavy atom. The van der Waals surface area contributed by atoms with E-state index in [1.807, 2.05) is 24.3 Å². The van der Waals surface area contributed by atoms with Gasteiger partial charge in [-0.3, -0.25) is 0 Å². The summed E-state index contributed by atoms with van der Waals surface area (Å²) < 4.78 is 0. The quantitative estimate of drug-likeness (QED) is 0.269. The van der Waals surface area contributed by atoms with Gasteiger partial charge in [0.1, 0.15) is 11.5 Å². The summed E-state index contributed by atoms with van der Waals surface area (Å²) in [6.07, 6.45) is 4.38. The van der Waals surface area contributed by atoms with Crippen LogP contribution in [0.2, 0.25) is 0 Å². The Morgan fingerprint density at radius 3 is 0.970 bits per heavy atom. The van der Waals surface area contributed by atoms with Gasteiger partial charge in [-0.05, 0) is 48.2 Å². The second kappa shape index (κ2) is 19.1. The van der Waals surface area contributed by atoms with Crippen molar-refractivity contribution in [1.29, 1.82) is 0 Å². The number of benzene rings is 2. The van der Waals surface area contributed by atoms with Crippen molar-refractivity contribution in [2.24, 2.45) is 0 Å². The summed E-state index contributed by atoms with van der Waals surface area (Å²) in [6.45, 7) is 8.50. The molecule has 0 aliphatic heterocycles. The number of hydrogen-bond donors (Lipinski definition) is 2. The molecule has 4 rings (SSSR count). The van der Waals surface area contributed by atoms with E-state index in [1.165, 1.54) is 22.3 Å². The molecule has 2 N–H and O–H groups in total. The zero-order valence-electron chi connectivity index (χ0n) is 20.5. The molecule has 3 heteroatoms. The summed E-state index contributed by atoms with van der Waals surface area (Å²) in [7, 11) is 0. The van der Waals surface area contributed by atoms with Gasteiger partial charge < -0.3 is 10.2 Å². The SMILES string of the molecule is CC[c-]1cccc1.CC[c-]1cccc1.CCc1ccc(O)cc1.CCc1ccc(O)cc1.[Zr+2]. The first-order valence-electron chi connectivity index (χ1n) is 11.5. The van der Waals surface area contributed by atoms with E-state index in [1.54, 1.807) is 24.3 Å². The van der Waals surface area contributed by atoms with Crippen LogP contribution < -0.4 is 0 Å². The van der Waals surface area contributed by atoms with Crippen LogP contribution in [0.15, 0.2) is 97.1 Å². The second-order valence-corrected chi connectivity index (χ2v) is 7.33. The Bertz CT molecular complexity index is 827. The number of hydrogen-bond acceptors (Lipinski definition) is 2. The van der Waals surface area contributed by atoms with E-state index in [0.29, 0.717) is 11.5 Å². The van der Waals surface area contributed by atoms with Crippen LogP contribution in [0.25, 0.3) is 0 Å². The molecule has 0 aromatic heterocycles. The molecule has 33 heavy (non-hydrogen) atoms. The molecule has 0 aliphatic rings. The maximum Gasteiger partial charge on any atom is 2.00 e. The fraction of sp³-hybridized carbons (Fsp3) is 0.267. The summed E-state index contributed by atoms with van der Waals surface area (Å²) in [5.41, 5.74) is 5.38. The molecule has 0 unspecified atom stereocenters. The average Bonchev–Trinajstić information content (AvgIpc) is 3.55. The third-order valence-corrected chi connectivity index (χ3v) is 4.97. The van der Waals surface area contributed by atoms with Gasteiger partial charge in [0.25, 0.3) is 0 Å². The molecule has 0 aliphatic carbocycles. The molecule has 0 radical (unpaired) electrons. The van der Waals surface area contributed by atoms with Gasteiger partial charge in [0.2, 0.25) is 0 Å².